The lowest BCUT2D eigenvalue weighted by molar-refractivity contribution is -0.274. The number of alkyl halides is 3. The molecule has 128 valence electrons. The third kappa shape index (κ3) is 4.00. The molecule has 0 spiro atoms. The molecule has 1 heterocycles. The van der Waals surface area contributed by atoms with Crippen molar-refractivity contribution < 1.29 is 23.0 Å². The van der Waals surface area contributed by atoms with E-state index >= 15 is 0 Å². The lowest BCUT2D eigenvalue weighted by Gasteiger charge is -2.21. The van der Waals surface area contributed by atoms with Crippen LogP contribution in [0.1, 0.15) is 13.3 Å². The largest absolute Gasteiger partial charge is 0.573 e. The van der Waals surface area contributed by atoms with Gasteiger partial charge in [0.1, 0.15) is 5.75 Å². The van der Waals surface area contributed by atoms with Gasteiger partial charge in [-0.05, 0) is 48.7 Å². The highest BCUT2D eigenvalue weighted by molar-refractivity contribution is 5.69. The van der Waals surface area contributed by atoms with Gasteiger partial charge in [-0.1, -0.05) is 24.3 Å². The summed E-state index contributed by atoms with van der Waals surface area (Å²) in [4.78, 5) is 2.10. The summed E-state index contributed by atoms with van der Waals surface area (Å²) < 4.78 is 40.5. The van der Waals surface area contributed by atoms with Crippen LogP contribution in [0.3, 0.4) is 0 Å². The fraction of sp³-hybridized carbons (Fsp3) is 0.333. The van der Waals surface area contributed by atoms with E-state index in [4.69, 9.17) is 0 Å². The molecule has 6 heteroatoms. The van der Waals surface area contributed by atoms with Gasteiger partial charge in [0, 0.05) is 18.8 Å². The van der Waals surface area contributed by atoms with Gasteiger partial charge in [0.15, 0.2) is 0 Å². The van der Waals surface area contributed by atoms with E-state index in [2.05, 4.69) is 9.64 Å². The Labute approximate surface area is 138 Å². The van der Waals surface area contributed by atoms with Crippen molar-refractivity contribution in [3.63, 3.8) is 0 Å². The summed E-state index contributed by atoms with van der Waals surface area (Å²) >= 11 is 0. The molecule has 0 amide bonds. The van der Waals surface area contributed by atoms with Gasteiger partial charge < -0.3 is 14.7 Å². The number of aliphatic hydroxyl groups is 1. The van der Waals surface area contributed by atoms with Crippen LogP contribution in [0.25, 0.3) is 11.1 Å². The van der Waals surface area contributed by atoms with E-state index in [0.717, 1.165) is 23.4 Å². The Morgan fingerprint density at radius 3 is 2.38 bits per heavy atom. The third-order valence-electron chi connectivity index (χ3n) is 4.08. The van der Waals surface area contributed by atoms with E-state index in [0.29, 0.717) is 13.0 Å². The molecule has 2 aromatic rings. The van der Waals surface area contributed by atoms with Crippen molar-refractivity contribution in [2.24, 2.45) is 0 Å². The standard InChI is InChI=1S/C18H18F3NO2/c1-17(23)9-10-22(12-17)15-4-2-3-14(11-15)13-5-7-16(8-6-13)24-18(19,20)21/h2-8,11,23H,9-10,12H2,1H3. The van der Waals surface area contributed by atoms with Gasteiger partial charge in [-0.2, -0.15) is 0 Å². The summed E-state index contributed by atoms with van der Waals surface area (Å²) in [5.74, 6) is -0.238. The third-order valence-corrected chi connectivity index (χ3v) is 4.08. The normalized spacial score (nSPS) is 21.1. The van der Waals surface area contributed by atoms with E-state index in [1.165, 1.54) is 12.1 Å². The minimum absolute atomic E-state index is 0.238. The highest BCUT2D eigenvalue weighted by Crippen LogP contribution is 2.31. The summed E-state index contributed by atoms with van der Waals surface area (Å²) in [5, 5.41) is 10.1. The van der Waals surface area contributed by atoms with Gasteiger partial charge in [-0.3, -0.25) is 0 Å². The number of anilines is 1. The summed E-state index contributed by atoms with van der Waals surface area (Å²) in [6, 6.07) is 13.5. The van der Waals surface area contributed by atoms with Crippen molar-refractivity contribution in [1.29, 1.82) is 0 Å². The van der Waals surface area contributed by atoms with Crippen LogP contribution in [-0.2, 0) is 0 Å². The molecule has 0 radical (unpaired) electrons. The molecule has 0 bridgehead atoms. The zero-order chi connectivity index (χ0) is 17.4. The average Bonchev–Trinajstić information content (AvgIpc) is 2.87. The van der Waals surface area contributed by atoms with Crippen molar-refractivity contribution >= 4 is 5.69 Å². The number of ether oxygens (including phenoxy) is 1. The monoisotopic (exact) mass is 337 g/mol. The summed E-state index contributed by atoms with van der Waals surface area (Å²) in [6.45, 7) is 3.15. The molecular formula is C18H18F3NO2. The minimum atomic E-state index is -4.69. The molecule has 0 saturated carbocycles. The fourth-order valence-corrected chi connectivity index (χ4v) is 2.90. The minimum Gasteiger partial charge on any atom is -0.406 e. The SMILES string of the molecule is CC1(O)CCN(c2cccc(-c3ccc(OC(F)(F)F)cc3)c2)C1. The van der Waals surface area contributed by atoms with Crippen molar-refractivity contribution in [3.8, 4) is 16.9 Å². The number of rotatable bonds is 3. The second kappa shape index (κ2) is 6.02. The predicted molar refractivity (Wildman–Crippen MR) is 86.0 cm³/mol. The second-order valence-corrected chi connectivity index (χ2v) is 6.29. The number of nitrogens with zero attached hydrogens (tertiary/aromatic N) is 1. The molecule has 1 saturated heterocycles. The van der Waals surface area contributed by atoms with Crippen molar-refractivity contribution in [2.75, 3.05) is 18.0 Å². The van der Waals surface area contributed by atoms with Crippen LogP contribution in [0.15, 0.2) is 48.5 Å². The van der Waals surface area contributed by atoms with E-state index in [1.54, 1.807) is 12.1 Å². The molecule has 1 atom stereocenters. The van der Waals surface area contributed by atoms with Gasteiger partial charge in [0.05, 0.1) is 5.60 Å². The van der Waals surface area contributed by atoms with Crippen molar-refractivity contribution in [2.45, 2.75) is 25.3 Å². The van der Waals surface area contributed by atoms with Crippen LogP contribution in [0.5, 0.6) is 5.75 Å². The van der Waals surface area contributed by atoms with Crippen LogP contribution in [0.4, 0.5) is 18.9 Å². The van der Waals surface area contributed by atoms with E-state index in [9.17, 15) is 18.3 Å². The number of hydrogen-bond donors (Lipinski definition) is 1. The Bertz CT molecular complexity index is 711. The highest BCUT2D eigenvalue weighted by atomic mass is 19.4. The van der Waals surface area contributed by atoms with E-state index in [-0.39, 0.29) is 5.75 Å². The molecule has 3 rings (SSSR count). The molecule has 0 aromatic heterocycles. The summed E-state index contributed by atoms with van der Waals surface area (Å²) in [6.07, 6.45) is -3.98. The highest BCUT2D eigenvalue weighted by Gasteiger charge is 2.32. The Hall–Kier alpha value is -2.21. The molecule has 1 N–H and O–H groups in total. The maximum atomic E-state index is 12.2. The van der Waals surface area contributed by atoms with Crippen LogP contribution < -0.4 is 9.64 Å². The first-order chi connectivity index (χ1) is 11.2. The zero-order valence-electron chi connectivity index (χ0n) is 13.2. The molecule has 1 fully saturated rings. The maximum Gasteiger partial charge on any atom is 0.573 e. The average molecular weight is 337 g/mol. The predicted octanol–water partition coefficient (Wildman–Crippen LogP) is 4.21. The lowest BCUT2D eigenvalue weighted by Crippen LogP contribution is -2.29. The maximum absolute atomic E-state index is 12.2. The van der Waals surface area contributed by atoms with E-state index < -0.39 is 12.0 Å². The van der Waals surface area contributed by atoms with Crippen molar-refractivity contribution in [1.82, 2.24) is 0 Å². The molecule has 1 aliphatic rings. The first kappa shape index (κ1) is 16.6. The van der Waals surface area contributed by atoms with Gasteiger partial charge in [-0.15, -0.1) is 13.2 Å². The van der Waals surface area contributed by atoms with Gasteiger partial charge >= 0.3 is 6.36 Å². The van der Waals surface area contributed by atoms with Crippen LogP contribution >= 0.6 is 0 Å². The number of β-amino-alcohol motifs (C(OH)–C–C–N with tert-alkyl or cyclic N) is 1. The molecular weight excluding hydrogens is 319 g/mol. The van der Waals surface area contributed by atoms with Gasteiger partial charge in [0.25, 0.3) is 0 Å². The molecule has 2 aromatic carbocycles. The smallest absolute Gasteiger partial charge is 0.406 e. The molecule has 0 aliphatic carbocycles. The Morgan fingerprint density at radius 2 is 1.79 bits per heavy atom. The molecule has 24 heavy (non-hydrogen) atoms. The first-order valence-corrected chi connectivity index (χ1v) is 7.65. The number of benzene rings is 2. The summed E-state index contributed by atoms with van der Waals surface area (Å²) in [5.41, 5.74) is 2.00. The van der Waals surface area contributed by atoms with Gasteiger partial charge in [0.2, 0.25) is 0 Å². The molecule has 1 unspecified atom stereocenters. The van der Waals surface area contributed by atoms with Crippen LogP contribution in [-0.4, -0.2) is 30.2 Å². The van der Waals surface area contributed by atoms with E-state index in [1.807, 2.05) is 31.2 Å². The topological polar surface area (TPSA) is 32.7 Å². The Kier molecular flexibility index (Phi) is 4.17. The van der Waals surface area contributed by atoms with Gasteiger partial charge in [-0.25, -0.2) is 0 Å². The molecule has 1 aliphatic heterocycles. The first-order valence-electron chi connectivity index (χ1n) is 7.65. The second-order valence-electron chi connectivity index (χ2n) is 6.29. The fourth-order valence-electron chi connectivity index (χ4n) is 2.90. The lowest BCUT2D eigenvalue weighted by atomic mass is 10.0. The quantitative estimate of drug-likeness (QED) is 0.910. The summed E-state index contributed by atoms with van der Waals surface area (Å²) in [7, 11) is 0. The van der Waals surface area contributed by atoms with Crippen molar-refractivity contribution in [3.05, 3.63) is 48.5 Å². The molecule has 3 nitrogen and oxygen atoms in total. The Balaban J connectivity index is 1.79. The Morgan fingerprint density at radius 1 is 1.08 bits per heavy atom. The van der Waals surface area contributed by atoms with Crippen LogP contribution in [0.2, 0.25) is 0 Å². The zero-order valence-corrected chi connectivity index (χ0v) is 13.2. The van der Waals surface area contributed by atoms with Crippen LogP contribution in [0, 0.1) is 0 Å². The number of halogens is 3. The number of hydrogen-bond acceptors (Lipinski definition) is 3.